The quantitative estimate of drug-likeness (QED) is 0.507. The number of esters is 1. The normalized spacial score (nSPS) is 46.1. The number of aliphatic hydroxyl groups excluding tert-OH is 1. The minimum Gasteiger partial charge on any atom is -0.504 e. The lowest BCUT2D eigenvalue weighted by atomic mass is 9.54. The van der Waals surface area contributed by atoms with Gasteiger partial charge in [0.25, 0.3) is 0 Å². The molecule has 0 radical (unpaired) electrons. The van der Waals surface area contributed by atoms with Crippen LogP contribution in [0.15, 0.2) is 22.7 Å². The fraction of sp³-hybridized carbons (Fsp3) is 0.632. The number of ketones is 2. The van der Waals surface area contributed by atoms with Gasteiger partial charge in [-0.3, -0.25) is 14.4 Å². The molecule has 0 aromatic heterocycles. The number of hydrogen-bond acceptors (Lipinski definition) is 8. The van der Waals surface area contributed by atoms with Crippen molar-refractivity contribution in [1.29, 1.82) is 0 Å². The summed E-state index contributed by atoms with van der Waals surface area (Å²) in [6.45, 7) is 2.56. The van der Waals surface area contributed by atoms with Gasteiger partial charge in [-0.15, -0.1) is 11.6 Å². The maximum atomic E-state index is 13.6. The maximum absolute atomic E-state index is 13.6. The number of cyclic esters (lactones) is 1. The summed E-state index contributed by atoms with van der Waals surface area (Å²) in [5.74, 6) is -4.03. The highest BCUT2D eigenvalue weighted by Gasteiger charge is 2.96. The molecule has 0 aromatic rings. The van der Waals surface area contributed by atoms with Crippen molar-refractivity contribution >= 4 is 29.1 Å². The largest absolute Gasteiger partial charge is 0.504 e. The second-order valence-electron chi connectivity index (χ2n) is 8.21. The van der Waals surface area contributed by atoms with E-state index in [9.17, 15) is 24.6 Å². The molecule has 5 aliphatic rings. The van der Waals surface area contributed by atoms with Crippen molar-refractivity contribution in [3.05, 3.63) is 22.7 Å². The summed E-state index contributed by atoms with van der Waals surface area (Å²) in [5, 5.41) is 22.5. The average Bonchev–Trinajstić information content (AvgIpc) is 3.24. The standard InChI is InChI=1S/C19H19ClO8/c1-8-10(21)11(22)13-16-5-28-15(24)18(16)7-26-6-17(8,18)19(13,25)14(23)12(9(16)2)27-4-3-20/h13,21,25H,3-7H2,1-2H3. The van der Waals surface area contributed by atoms with Crippen LogP contribution in [0.5, 0.6) is 0 Å². The van der Waals surface area contributed by atoms with Crippen molar-refractivity contribution in [1.82, 2.24) is 0 Å². The molecule has 0 amide bonds. The number of ether oxygens (including phenoxy) is 3. The predicted molar refractivity (Wildman–Crippen MR) is 92.2 cm³/mol. The Morgan fingerprint density at radius 3 is 2.50 bits per heavy atom. The molecule has 150 valence electrons. The third-order valence-corrected chi connectivity index (χ3v) is 8.00. The topological polar surface area (TPSA) is 119 Å². The van der Waals surface area contributed by atoms with Crippen LogP contribution in [0.4, 0.5) is 0 Å². The summed E-state index contributed by atoms with van der Waals surface area (Å²) in [6.07, 6.45) is 0. The zero-order valence-corrected chi connectivity index (χ0v) is 16.1. The Hall–Kier alpha value is -1.90. The fourth-order valence-corrected chi connectivity index (χ4v) is 6.88. The van der Waals surface area contributed by atoms with Gasteiger partial charge in [0.15, 0.2) is 17.1 Å². The highest BCUT2D eigenvalue weighted by Crippen LogP contribution is 2.82. The molecule has 3 fully saturated rings. The average molecular weight is 411 g/mol. The van der Waals surface area contributed by atoms with Crippen LogP contribution in [0.2, 0.25) is 0 Å². The van der Waals surface area contributed by atoms with E-state index >= 15 is 0 Å². The lowest BCUT2D eigenvalue weighted by molar-refractivity contribution is -0.174. The van der Waals surface area contributed by atoms with Gasteiger partial charge in [0.2, 0.25) is 11.6 Å². The minimum atomic E-state index is -2.28. The van der Waals surface area contributed by atoms with E-state index < -0.39 is 51.1 Å². The van der Waals surface area contributed by atoms with Crippen LogP contribution in [-0.4, -0.2) is 65.7 Å². The maximum Gasteiger partial charge on any atom is 0.316 e. The summed E-state index contributed by atoms with van der Waals surface area (Å²) in [6, 6.07) is 0. The molecule has 3 spiro atoms. The number of aliphatic hydroxyl groups is 2. The first-order chi connectivity index (χ1) is 13.2. The number of alkyl halides is 1. The molecule has 2 N–H and O–H groups in total. The number of rotatable bonds is 3. The van der Waals surface area contributed by atoms with Gasteiger partial charge in [-0.2, -0.15) is 0 Å². The number of hydrogen-bond donors (Lipinski definition) is 2. The van der Waals surface area contributed by atoms with E-state index in [0.29, 0.717) is 5.57 Å². The second-order valence-corrected chi connectivity index (χ2v) is 8.59. The van der Waals surface area contributed by atoms with E-state index in [2.05, 4.69) is 0 Å². The molecule has 3 aliphatic carbocycles. The molecular formula is C19H19ClO8. The van der Waals surface area contributed by atoms with Gasteiger partial charge >= 0.3 is 5.97 Å². The van der Waals surface area contributed by atoms with Gasteiger partial charge in [-0.05, 0) is 25.0 Å². The van der Waals surface area contributed by atoms with Gasteiger partial charge < -0.3 is 24.4 Å². The van der Waals surface area contributed by atoms with Crippen molar-refractivity contribution in [2.45, 2.75) is 19.4 Å². The Bertz CT molecular complexity index is 936. The molecule has 28 heavy (non-hydrogen) atoms. The van der Waals surface area contributed by atoms with Crippen LogP contribution < -0.4 is 0 Å². The van der Waals surface area contributed by atoms with E-state index in [-0.39, 0.29) is 43.6 Å². The summed E-state index contributed by atoms with van der Waals surface area (Å²) >= 11 is 5.71. The fourth-order valence-electron chi connectivity index (χ4n) is 6.80. The van der Waals surface area contributed by atoms with Crippen molar-refractivity contribution in [2.75, 3.05) is 32.3 Å². The summed E-state index contributed by atoms with van der Waals surface area (Å²) in [5.41, 5.74) is -6.32. The molecule has 2 heterocycles. The monoisotopic (exact) mass is 410 g/mol. The third kappa shape index (κ3) is 1.31. The van der Waals surface area contributed by atoms with Gasteiger partial charge in [0.05, 0.1) is 35.8 Å². The van der Waals surface area contributed by atoms with Crippen molar-refractivity contribution in [3.8, 4) is 0 Å². The first kappa shape index (κ1) is 18.1. The highest BCUT2D eigenvalue weighted by molar-refractivity contribution is 6.18. The lowest BCUT2D eigenvalue weighted by Gasteiger charge is -2.48. The van der Waals surface area contributed by atoms with E-state index in [4.69, 9.17) is 25.8 Å². The van der Waals surface area contributed by atoms with Crippen LogP contribution in [-0.2, 0) is 28.6 Å². The molecule has 1 saturated carbocycles. The Morgan fingerprint density at radius 2 is 1.82 bits per heavy atom. The van der Waals surface area contributed by atoms with E-state index in [0.717, 1.165) is 0 Å². The lowest BCUT2D eigenvalue weighted by Crippen LogP contribution is -2.65. The summed E-state index contributed by atoms with van der Waals surface area (Å²) < 4.78 is 16.7. The zero-order valence-electron chi connectivity index (χ0n) is 15.3. The van der Waals surface area contributed by atoms with Crippen molar-refractivity contribution in [3.63, 3.8) is 0 Å². The van der Waals surface area contributed by atoms with Crippen molar-refractivity contribution < 1.29 is 38.8 Å². The van der Waals surface area contributed by atoms with Gasteiger partial charge in [0.1, 0.15) is 18.6 Å². The molecule has 2 saturated heterocycles. The van der Waals surface area contributed by atoms with Crippen LogP contribution >= 0.6 is 11.6 Å². The van der Waals surface area contributed by atoms with Crippen molar-refractivity contribution in [2.24, 2.45) is 22.2 Å². The molecular weight excluding hydrogens is 392 g/mol. The first-order valence-electron chi connectivity index (χ1n) is 9.07. The molecule has 5 atom stereocenters. The molecule has 5 rings (SSSR count). The third-order valence-electron chi connectivity index (χ3n) is 7.84. The predicted octanol–water partition coefficient (Wildman–Crippen LogP) is 0.420. The molecule has 5 unspecified atom stereocenters. The summed E-state index contributed by atoms with van der Waals surface area (Å²) in [4.78, 5) is 39.9. The SMILES string of the molecule is CC1=C(OCCCl)C(=O)C2(O)C3C(=O)C(O)=C(C)C24COCC42C(=O)OCC132. The Labute approximate surface area is 165 Å². The highest BCUT2D eigenvalue weighted by atomic mass is 35.5. The van der Waals surface area contributed by atoms with Gasteiger partial charge in [-0.1, -0.05) is 0 Å². The summed E-state index contributed by atoms with van der Waals surface area (Å²) in [7, 11) is 0. The van der Waals surface area contributed by atoms with Crippen LogP contribution in [0.1, 0.15) is 13.8 Å². The number of Topliss-reactive ketones (excluding diaryl/α,β-unsaturated/α-hetero) is 2. The van der Waals surface area contributed by atoms with Crippen LogP contribution in [0, 0.1) is 22.2 Å². The Kier molecular flexibility index (Phi) is 3.23. The van der Waals surface area contributed by atoms with E-state index in [1.807, 2.05) is 0 Å². The number of halogens is 1. The number of allylic oxidation sites excluding steroid dienone is 1. The Morgan fingerprint density at radius 1 is 1.14 bits per heavy atom. The first-order valence-corrected chi connectivity index (χ1v) is 9.60. The molecule has 2 aliphatic heterocycles. The van der Waals surface area contributed by atoms with Crippen LogP contribution in [0.25, 0.3) is 0 Å². The molecule has 4 bridgehead atoms. The Balaban J connectivity index is 1.94. The molecule has 9 heteroatoms. The zero-order chi connectivity index (χ0) is 20.3. The molecule has 0 aromatic carbocycles. The molecule has 8 nitrogen and oxygen atoms in total. The van der Waals surface area contributed by atoms with E-state index in [1.165, 1.54) is 6.92 Å². The van der Waals surface area contributed by atoms with Gasteiger partial charge in [-0.25, -0.2) is 0 Å². The smallest absolute Gasteiger partial charge is 0.316 e. The number of carbonyl (C=O) groups excluding carboxylic acids is 3. The van der Waals surface area contributed by atoms with Gasteiger partial charge in [0, 0.05) is 0 Å². The van der Waals surface area contributed by atoms with E-state index in [1.54, 1.807) is 6.92 Å². The number of carbonyl (C=O) groups is 3. The van der Waals surface area contributed by atoms with Crippen LogP contribution in [0.3, 0.4) is 0 Å². The second kappa shape index (κ2) is 4.98. The minimum absolute atomic E-state index is 0.0239.